The van der Waals surface area contributed by atoms with Crippen molar-refractivity contribution in [2.45, 2.75) is 44.8 Å². The molecule has 0 aliphatic heterocycles. The number of nitrogens with two attached hydrogens (primary N) is 1. The van der Waals surface area contributed by atoms with Gasteiger partial charge >= 0.3 is 0 Å². The number of aryl methyl sites for hydroxylation is 1. The highest BCUT2D eigenvalue weighted by Gasteiger charge is 2.43. The van der Waals surface area contributed by atoms with Gasteiger partial charge in [0.05, 0.1) is 5.60 Å². The summed E-state index contributed by atoms with van der Waals surface area (Å²) >= 11 is 0. The van der Waals surface area contributed by atoms with Gasteiger partial charge in [-0.1, -0.05) is 6.92 Å². The van der Waals surface area contributed by atoms with Crippen LogP contribution in [0.3, 0.4) is 0 Å². The van der Waals surface area contributed by atoms with Crippen molar-refractivity contribution in [2.75, 3.05) is 6.54 Å². The van der Waals surface area contributed by atoms with Crippen LogP contribution < -0.4 is 5.73 Å². The van der Waals surface area contributed by atoms with Gasteiger partial charge in [-0.05, 0) is 25.2 Å². The van der Waals surface area contributed by atoms with Crippen molar-refractivity contribution < 1.29 is 5.11 Å². The van der Waals surface area contributed by atoms with E-state index in [4.69, 9.17) is 5.73 Å². The second kappa shape index (κ2) is 4.51. The van der Waals surface area contributed by atoms with Crippen molar-refractivity contribution in [1.29, 1.82) is 0 Å². The molecule has 1 heterocycles. The van der Waals surface area contributed by atoms with Gasteiger partial charge in [-0.15, -0.1) is 0 Å². The minimum absolute atomic E-state index is 0.302. The number of hydrogen-bond acceptors (Lipinski definition) is 4. The topological polar surface area (TPSA) is 77.0 Å². The summed E-state index contributed by atoms with van der Waals surface area (Å²) in [6.07, 6.45) is 5.25. The first-order chi connectivity index (χ1) is 7.69. The molecule has 1 unspecified atom stereocenters. The molecule has 3 N–H and O–H groups in total. The first-order valence-electron chi connectivity index (χ1n) is 5.98. The van der Waals surface area contributed by atoms with Crippen LogP contribution in [0.2, 0.25) is 0 Å². The molecule has 0 aromatic carbocycles. The number of aromatic nitrogens is 3. The van der Waals surface area contributed by atoms with E-state index in [0.717, 1.165) is 31.6 Å². The van der Waals surface area contributed by atoms with Crippen molar-refractivity contribution in [3.8, 4) is 0 Å². The number of nitrogens with zero attached hydrogens (tertiary/aromatic N) is 3. The zero-order valence-electron chi connectivity index (χ0n) is 9.76. The maximum atomic E-state index is 10.4. The van der Waals surface area contributed by atoms with E-state index in [2.05, 4.69) is 17.0 Å². The fraction of sp³-hybridized carbons (Fsp3) is 0.818. The summed E-state index contributed by atoms with van der Waals surface area (Å²) in [7, 11) is 0. The highest BCUT2D eigenvalue weighted by Crippen LogP contribution is 2.40. The Morgan fingerprint density at radius 1 is 1.62 bits per heavy atom. The summed E-state index contributed by atoms with van der Waals surface area (Å²) in [5.74, 6) is 1.20. The normalized spacial score (nSPS) is 19.7. The first kappa shape index (κ1) is 11.5. The second-order valence-corrected chi connectivity index (χ2v) is 4.66. The van der Waals surface area contributed by atoms with E-state index in [0.29, 0.717) is 18.9 Å². The molecule has 2 rings (SSSR count). The van der Waals surface area contributed by atoms with Gasteiger partial charge in [0, 0.05) is 19.5 Å². The van der Waals surface area contributed by atoms with Crippen LogP contribution in [0.1, 0.15) is 32.0 Å². The van der Waals surface area contributed by atoms with E-state index in [9.17, 15) is 5.11 Å². The number of hydrogen-bond donors (Lipinski definition) is 2. The molecule has 90 valence electrons. The highest BCUT2D eigenvalue weighted by molar-refractivity contribution is 5.03. The van der Waals surface area contributed by atoms with Crippen LogP contribution in [0.15, 0.2) is 6.33 Å². The van der Waals surface area contributed by atoms with E-state index < -0.39 is 5.60 Å². The van der Waals surface area contributed by atoms with Crippen LogP contribution in [-0.4, -0.2) is 32.0 Å². The molecule has 5 heteroatoms. The van der Waals surface area contributed by atoms with Gasteiger partial charge in [0.25, 0.3) is 0 Å². The maximum absolute atomic E-state index is 10.4. The molecule has 1 fully saturated rings. The number of rotatable bonds is 6. The van der Waals surface area contributed by atoms with Gasteiger partial charge in [-0.3, -0.25) is 4.68 Å². The van der Waals surface area contributed by atoms with Crippen LogP contribution in [0.5, 0.6) is 0 Å². The molecule has 1 aromatic rings. The molecule has 5 nitrogen and oxygen atoms in total. The molecule has 1 aliphatic carbocycles. The SMILES string of the molecule is CCCn1ncnc1CC(O)(CN)C1CC1. The molecular weight excluding hydrogens is 204 g/mol. The van der Waals surface area contributed by atoms with E-state index in [1.807, 2.05) is 4.68 Å². The minimum Gasteiger partial charge on any atom is -0.388 e. The lowest BCUT2D eigenvalue weighted by Crippen LogP contribution is -2.43. The Hall–Kier alpha value is -0.940. The summed E-state index contributed by atoms with van der Waals surface area (Å²) in [5.41, 5.74) is 4.90. The fourth-order valence-electron chi connectivity index (χ4n) is 2.10. The smallest absolute Gasteiger partial charge is 0.138 e. The fourth-order valence-corrected chi connectivity index (χ4v) is 2.10. The van der Waals surface area contributed by atoms with Crippen molar-refractivity contribution >= 4 is 0 Å². The van der Waals surface area contributed by atoms with Gasteiger partial charge in [0.15, 0.2) is 0 Å². The Morgan fingerprint density at radius 3 is 2.94 bits per heavy atom. The molecule has 0 spiro atoms. The summed E-state index contributed by atoms with van der Waals surface area (Å²) in [6, 6.07) is 0. The molecular formula is C11H20N4O. The molecule has 1 aromatic heterocycles. The molecule has 1 aliphatic rings. The number of aliphatic hydroxyl groups is 1. The van der Waals surface area contributed by atoms with E-state index in [-0.39, 0.29) is 0 Å². The average Bonchev–Trinajstić information content (AvgIpc) is 3.05. The van der Waals surface area contributed by atoms with Gasteiger partial charge in [0.2, 0.25) is 0 Å². The minimum atomic E-state index is -0.779. The van der Waals surface area contributed by atoms with Crippen molar-refractivity contribution in [3.63, 3.8) is 0 Å². The first-order valence-corrected chi connectivity index (χ1v) is 5.98. The quantitative estimate of drug-likeness (QED) is 0.730. The standard InChI is InChI=1S/C11H20N4O/c1-2-5-15-10(13-8-14-15)6-11(16,7-12)9-3-4-9/h8-9,16H,2-7,12H2,1H3. The Balaban J connectivity index is 2.09. The van der Waals surface area contributed by atoms with Crippen molar-refractivity contribution in [3.05, 3.63) is 12.2 Å². The van der Waals surface area contributed by atoms with Crippen LogP contribution in [0.25, 0.3) is 0 Å². The third kappa shape index (κ3) is 2.25. The van der Waals surface area contributed by atoms with E-state index >= 15 is 0 Å². The maximum Gasteiger partial charge on any atom is 0.138 e. The Kier molecular flexibility index (Phi) is 3.25. The van der Waals surface area contributed by atoms with Crippen molar-refractivity contribution in [2.24, 2.45) is 11.7 Å². The molecule has 1 atom stereocenters. The van der Waals surface area contributed by atoms with Gasteiger partial charge < -0.3 is 10.8 Å². The second-order valence-electron chi connectivity index (χ2n) is 4.66. The molecule has 0 amide bonds. The largest absolute Gasteiger partial charge is 0.388 e. The molecule has 16 heavy (non-hydrogen) atoms. The lowest BCUT2D eigenvalue weighted by molar-refractivity contribution is 0.0238. The molecule has 0 saturated heterocycles. The summed E-state index contributed by atoms with van der Waals surface area (Å²) in [5, 5.41) is 14.6. The summed E-state index contributed by atoms with van der Waals surface area (Å²) in [6.45, 7) is 3.25. The van der Waals surface area contributed by atoms with Crippen LogP contribution in [0, 0.1) is 5.92 Å². The van der Waals surface area contributed by atoms with Gasteiger partial charge in [0.1, 0.15) is 12.2 Å². The third-order valence-electron chi connectivity index (χ3n) is 3.29. The van der Waals surface area contributed by atoms with Gasteiger partial charge in [-0.2, -0.15) is 5.10 Å². The van der Waals surface area contributed by atoms with Crippen LogP contribution in [-0.2, 0) is 13.0 Å². The highest BCUT2D eigenvalue weighted by atomic mass is 16.3. The molecule has 0 radical (unpaired) electrons. The molecule has 0 bridgehead atoms. The van der Waals surface area contributed by atoms with Crippen LogP contribution >= 0.6 is 0 Å². The Bertz CT molecular complexity index is 348. The van der Waals surface area contributed by atoms with E-state index in [1.165, 1.54) is 0 Å². The zero-order valence-corrected chi connectivity index (χ0v) is 9.76. The average molecular weight is 224 g/mol. The lowest BCUT2D eigenvalue weighted by atomic mass is 9.93. The monoisotopic (exact) mass is 224 g/mol. The lowest BCUT2D eigenvalue weighted by Gasteiger charge is -2.25. The predicted molar refractivity (Wildman–Crippen MR) is 60.7 cm³/mol. The third-order valence-corrected chi connectivity index (χ3v) is 3.29. The summed E-state index contributed by atoms with van der Waals surface area (Å²) in [4.78, 5) is 4.21. The van der Waals surface area contributed by atoms with Gasteiger partial charge in [-0.25, -0.2) is 4.98 Å². The molecule has 1 saturated carbocycles. The van der Waals surface area contributed by atoms with Crippen LogP contribution in [0.4, 0.5) is 0 Å². The Morgan fingerprint density at radius 2 is 2.38 bits per heavy atom. The zero-order chi connectivity index (χ0) is 11.6. The van der Waals surface area contributed by atoms with E-state index in [1.54, 1.807) is 6.33 Å². The summed E-state index contributed by atoms with van der Waals surface area (Å²) < 4.78 is 1.86. The Labute approximate surface area is 95.7 Å². The van der Waals surface area contributed by atoms with Crippen molar-refractivity contribution in [1.82, 2.24) is 14.8 Å². The predicted octanol–water partition coefficient (Wildman–Crippen LogP) is 0.330.